The Morgan fingerprint density at radius 3 is 2.44 bits per heavy atom. The van der Waals surface area contributed by atoms with Crippen molar-refractivity contribution in [1.29, 1.82) is 5.53 Å². The van der Waals surface area contributed by atoms with E-state index in [4.69, 9.17) is 11.4 Å². The van der Waals surface area contributed by atoms with Crippen LogP contribution in [0.2, 0.25) is 0 Å². The first-order chi connectivity index (χ1) is 4.33. The highest BCUT2D eigenvalue weighted by molar-refractivity contribution is 4.71. The molecule has 1 heterocycles. The van der Waals surface area contributed by atoms with Gasteiger partial charge in [0.05, 0.1) is 6.04 Å². The lowest BCUT2D eigenvalue weighted by Crippen LogP contribution is -2.39. The third kappa shape index (κ3) is 1.73. The van der Waals surface area contributed by atoms with Crippen molar-refractivity contribution >= 4 is 0 Å². The molecule has 1 aliphatic rings. The highest BCUT2D eigenvalue weighted by Gasteiger charge is 2.14. The summed E-state index contributed by atoms with van der Waals surface area (Å²) in [7, 11) is 0. The van der Waals surface area contributed by atoms with Gasteiger partial charge in [0.15, 0.2) is 0 Å². The lowest BCUT2D eigenvalue weighted by Gasteiger charge is -2.24. The third-order valence-corrected chi connectivity index (χ3v) is 1.68. The van der Waals surface area contributed by atoms with Gasteiger partial charge in [0.2, 0.25) is 0 Å². The summed E-state index contributed by atoms with van der Waals surface area (Å²) in [6.45, 7) is 1.76. The van der Waals surface area contributed by atoms with Gasteiger partial charge in [-0.25, -0.2) is 10.5 Å². The maximum Gasteiger partial charge on any atom is 0.0731 e. The van der Waals surface area contributed by atoms with Crippen LogP contribution in [0.1, 0.15) is 12.8 Å². The predicted octanol–water partition coefficient (Wildman–Crippen LogP) is 0.355. The summed E-state index contributed by atoms with van der Waals surface area (Å²) in [5, 5.41) is 5.23. The molecule has 0 aliphatic carbocycles. The molecule has 0 aromatic rings. The molecule has 1 saturated heterocycles. The topological polar surface area (TPSA) is 65.5 Å². The Balaban J connectivity index is 2.26. The highest BCUT2D eigenvalue weighted by Crippen LogP contribution is 2.09. The van der Waals surface area contributed by atoms with Crippen molar-refractivity contribution in [3.8, 4) is 0 Å². The molecule has 1 fully saturated rings. The van der Waals surface area contributed by atoms with Crippen molar-refractivity contribution in [1.82, 2.24) is 5.01 Å². The molecule has 4 nitrogen and oxygen atoms in total. The third-order valence-electron chi connectivity index (χ3n) is 1.68. The van der Waals surface area contributed by atoms with Gasteiger partial charge < -0.3 is 0 Å². The maximum absolute atomic E-state index is 6.73. The second-order valence-electron chi connectivity index (χ2n) is 2.40. The predicted molar refractivity (Wildman–Crippen MR) is 33.9 cm³/mol. The molecule has 3 N–H and O–H groups in total. The van der Waals surface area contributed by atoms with Gasteiger partial charge in [0.25, 0.3) is 0 Å². The van der Waals surface area contributed by atoms with E-state index in [-0.39, 0.29) is 6.04 Å². The first-order valence-corrected chi connectivity index (χ1v) is 3.19. The molecule has 1 aliphatic heterocycles. The summed E-state index contributed by atoms with van der Waals surface area (Å²) in [4.78, 5) is 0. The Labute approximate surface area is 54.5 Å². The molecule has 0 radical (unpaired) electrons. The summed E-state index contributed by atoms with van der Waals surface area (Å²) < 4.78 is 0. The van der Waals surface area contributed by atoms with Crippen molar-refractivity contribution in [3.63, 3.8) is 0 Å². The monoisotopic (exact) mass is 128 g/mol. The number of piperidine rings is 1. The molecule has 0 aromatic carbocycles. The second kappa shape index (κ2) is 2.89. The van der Waals surface area contributed by atoms with Crippen LogP contribution in [0, 0.1) is 5.53 Å². The Kier molecular flexibility index (Phi) is 2.13. The van der Waals surface area contributed by atoms with E-state index in [1.165, 1.54) is 0 Å². The largest absolute Gasteiger partial charge is 0.269 e. The Bertz CT molecular complexity index is 95.1. The molecular weight excluding hydrogens is 116 g/mol. The fraction of sp³-hybridized carbons (Fsp3) is 1.00. The second-order valence-corrected chi connectivity index (χ2v) is 2.40. The quantitative estimate of drug-likeness (QED) is 0.395. The maximum atomic E-state index is 6.73. The van der Waals surface area contributed by atoms with Gasteiger partial charge in [-0.15, -0.1) is 0 Å². The SMILES string of the molecule is N=NC1CCN(N)CC1. The molecule has 1 rings (SSSR count). The molecule has 4 heteroatoms. The number of nitrogens with one attached hydrogen (secondary N) is 1. The van der Waals surface area contributed by atoms with Crippen LogP contribution in [0.25, 0.3) is 0 Å². The molecule has 0 atom stereocenters. The standard InChI is InChI=1S/C5H12N4/c6-8-5-1-3-9(7)4-2-5/h5-6H,1-4,7H2. The average Bonchev–Trinajstić information content (AvgIpc) is 1.90. The van der Waals surface area contributed by atoms with E-state index in [0.717, 1.165) is 25.9 Å². The number of nitrogens with zero attached hydrogens (tertiary/aromatic N) is 2. The fourth-order valence-electron chi connectivity index (χ4n) is 1.01. The zero-order valence-electron chi connectivity index (χ0n) is 5.38. The Morgan fingerprint density at radius 1 is 1.44 bits per heavy atom. The summed E-state index contributed by atoms with van der Waals surface area (Å²) in [5.41, 5.74) is 6.73. The lowest BCUT2D eigenvalue weighted by atomic mass is 10.1. The summed E-state index contributed by atoms with van der Waals surface area (Å²) >= 11 is 0. The average molecular weight is 128 g/mol. The smallest absolute Gasteiger partial charge is 0.0731 e. The summed E-state index contributed by atoms with van der Waals surface area (Å²) in [6, 6.07) is 0.241. The zero-order chi connectivity index (χ0) is 6.69. The Morgan fingerprint density at radius 2 is 2.00 bits per heavy atom. The molecule has 0 saturated carbocycles. The highest BCUT2D eigenvalue weighted by atomic mass is 15.4. The zero-order valence-corrected chi connectivity index (χ0v) is 5.38. The summed E-state index contributed by atoms with van der Waals surface area (Å²) in [5.74, 6) is 5.48. The van der Waals surface area contributed by atoms with Crippen LogP contribution in [-0.4, -0.2) is 24.1 Å². The van der Waals surface area contributed by atoms with Gasteiger partial charge in [-0.1, -0.05) is 0 Å². The van der Waals surface area contributed by atoms with Gasteiger partial charge in [0, 0.05) is 13.1 Å². The van der Waals surface area contributed by atoms with Crippen LogP contribution in [-0.2, 0) is 0 Å². The minimum absolute atomic E-state index is 0.241. The molecule has 0 aromatic heterocycles. The van der Waals surface area contributed by atoms with Crippen molar-refractivity contribution < 1.29 is 0 Å². The van der Waals surface area contributed by atoms with Crippen molar-refractivity contribution in [2.45, 2.75) is 18.9 Å². The fourth-order valence-corrected chi connectivity index (χ4v) is 1.01. The van der Waals surface area contributed by atoms with Crippen LogP contribution in [0.3, 0.4) is 0 Å². The van der Waals surface area contributed by atoms with Crippen LogP contribution < -0.4 is 5.84 Å². The van der Waals surface area contributed by atoms with E-state index in [9.17, 15) is 0 Å². The van der Waals surface area contributed by atoms with E-state index in [1.54, 1.807) is 5.01 Å². The molecular formula is C5H12N4. The number of hydrogen-bond donors (Lipinski definition) is 2. The van der Waals surface area contributed by atoms with E-state index in [2.05, 4.69) is 5.11 Å². The van der Waals surface area contributed by atoms with Crippen molar-refractivity contribution in [2.75, 3.05) is 13.1 Å². The number of rotatable bonds is 1. The minimum atomic E-state index is 0.241. The van der Waals surface area contributed by atoms with E-state index >= 15 is 0 Å². The number of hydrogen-bond acceptors (Lipinski definition) is 4. The Hall–Kier alpha value is -0.480. The first kappa shape index (κ1) is 6.64. The van der Waals surface area contributed by atoms with Gasteiger partial charge in [0.1, 0.15) is 0 Å². The number of nitrogens with two attached hydrogens (primary N) is 1. The van der Waals surface area contributed by atoms with Gasteiger partial charge >= 0.3 is 0 Å². The minimum Gasteiger partial charge on any atom is -0.269 e. The van der Waals surface area contributed by atoms with E-state index in [1.807, 2.05) is 0 Å². The molecule has 9 heavy (non-hydrogen) atoms. The first-order valence-electron chi connectivity index (χ1n) is 3.19. The van der Waals surface area contributed by atoms with Gasteiger partial charge in [-0.05, 0) is 12.8 Å². The molecule has 0 amide bonds. The molecule has 52 valence electrons. The van der Waals surface area contributed by atoms with Crippen LogP contribution in [0.4, 0.5) is 0 Å². The van der Waals surface area contributed by atoms with E-state index in [0.29, 0.717) is 0 Å². The van der Waals surface area contributed by atoms with Crippen LogP contribution in [0.15, 0.2) is 5.11 Å². The summed E-state index contributed by atoms with van der Waals surface area (Å²) in [6.07, 6.45) is 1.89. The normalized spacial score (nSPS) is 24.1. The molecule has 0 unspecified atom stereocenters. The van der Waals surface area contributed by atoms with Crippen molar-refractivity contribution in [3.05, 3.63) is 0 Å². The molecule has 0 bridgehead atoms. The number of hydrazine groups is 1. The van der Waals surface area contributed by atoms with Crippen LogP contribution >= 0.6 is 0 Å². The van der Waals surface area contributed by atoms with Crippen molar-refractivity contribution in [2.24, 2.45) is 11.0 Å². The molecule has 0 spiro atoms. The van der Waals surface area contributed by atoms with E-state index < -0.39 is 0 Å². The lowest BCUT2D eigenvalue weighted by molar-refractivity contribution is 0.215. The van der Waals surface area contributed by atoms with Crippen LogP contribution in [0.5, 0.6) is 0 Å². The van der Waals surface area contributed by atoms with Gasteiger partial charge in [-0.3, -0.25) is 5.84 Å². The van der Waals surface area contributed by atoms with Gasteiger partial charge in [-0.2, -0.15) is 5.11 Å².